The fourth-order valence-electron chi connectivity index (χ4n) is 2.49. The molecule has 1 aliphatic rings. The van der Waals surface area contributed by atoms with Gasteiger partial charge >= 0.3 is 0 Å². The fraction of sp³-hybridized carbons (Fsp3) is 0.438. The Labute approximate surface area is 151 Å². The Bertz CT molecular complexity index is 924. The van der Waals surface area contributed by atoms with Gasteiger partial charge in [0.05, 0.1) is 17.1 Å². The molecule has 140 valence electrons. The van der Waals surface area contributed by atoms with E-state index in [-0.39, 0.29) is 30.0 Å². The van der Waals surface area contributed by atoms with Crippen molar-refractivity contribution >= 4 is 21.6 Å². The quantitative estimate of drug-likeness (QED) is 0.805. The number of fused-ring (bicyclic) bond motifs is 1. The van der Waals surface area contributed by atoms with Crippen LogP contribution in [0.1, 0.15) is 32.0 Å². The first kappa shape index (κ1) is 18.3. The van der Waals surface area contributed by atoms with Crippen LogP contribution >= 0.6 is 0 Å². The molecule has 0 fully saturated rings. The lowest BCUT2D eigenvalue weighted by molar-refractivity contribution is -0.121. The summed E-state index contributed by atoms with van der Waals surface area (Å²) in [5.74, 6) is 0.821. The number of rotatable bonds is 6. The van der Waals surface area contributed by atoms with Crippen molar-refractivity contribution in [2.45, 2.75) is 44.7 Å². The summed E-state index contributed by atoms with van der Waals surface area (Å²) in [6.45, 7) is 5.25. The van der Waals surface area contributed by atoms with Gasteiger partial charge in [0.25, 0.3) is 5.91 Å². The van der Waals surface area contributed by atoms with Gasteiger partial charge in [-0.25, -0.2) is 13.1 Å². The molecule has 0 radical (unpaired) electrons. The summed E-state index contributed by atoms with van der Waals surface area (Å²) in [6.07, 6.45) is 0.662. The molecule has 9 nitrogen and oxygen atoms in total. The first-order valence-electron chi connectivity index (χ1n) is 8.19. The van der Waals surface area contributed by atoms with Gasteiger partial charge in [-0.05, 0) is 31.5 Å². The average Bonchev–Trinajstić information content (AvgIpc) is 3.01. The minimum Gasteiger partial charge on any atom is -0.482 e. The molecule has 1 amide bonds. The number of carbonyl (C=O) groups is 1. The molecule has 1 aromatic heterocycles. The highest BCUT2D eigenvalue weighted by molar-refractivity contribution is 7.89. The Morgan fingerprint density at radius 2 is 2.15 bits per heavy atom. The molecule has 0 spiro atoms. The third kappa shape index (κ3) is 3.70. The van der Waals surface area contributed by atoms with Crippen molar-refractivity contribution < 1.29 is 22.5 Å². The molecule has 2 heterocycles. The van der Waals surface area contributed by atoms with Crippen molar-refractivity contribution in [1.82, 2.24) is 14.9 Å². The molecule has 0 aliphatic carbocycles. The Morgan fingerprint density at radius 1 is 1.38 bits per heavy atom. The number of nitrogens with zero attached hydrogens (tertiary/aromatic N) is 3. The van der Waals surface area contributed by atoms with Crippen LogP contribution in [0.5, 0.6) is 5.75 Å². The molecule has 0 unspecified atom stereocenters. The second-order valence-corrected chi connectivity index (χ2v) is 7.77. The molecule has 0 saturated heterocycles. The van der Waals surface area contributed by atoms with Crippen molar-refractivity contribution in [2.24, 2.45) is 0 Å². The third-order valence-corrected chi connectivity index (χ3v) is 5.61. The van der Waals surface area contributed by atoms with Crippen LogP contribution in [0.15, 0.2) is 27.6 Å². The van der Waals surface area contributed by atoms with E-state index < -0.39 is 10.0 Å². The maximum Gasteiger partial charge on any atom is 0.265 e. The lowest BCUT2D eigenvalue weighted by atomic mass is 10.2. The summed E-state index contributed by atoms with van der Waals surface area (Å²) in [5.41, 5.74) is 0.357. The number of aromatic nitrogens is 2. The number of sulfonamides is 1. The van der Waals surface area contributed by atoms with Gasteiger partial charge < -0.3 is 9.26 Å². The van der Waals surface area contributed by atoms with Crippen LogP contribution < -0.4 is 14.4 Å². The standard InChI is InChI=1S/C16H20N4O5S/c1-4-10(2)19-26(22,23)12-5-6-14-13(7-12)20(16(21)9-24-14)8-15-17-11(3)25-18-15/h5-7,10,19H,4,8-9H2,1-3H3/t10-/m1/s1. The number of amides is 1. The third-order valence-electron chi connectivity index (χ3n) is 4.02. The topological polar surface area (TPSA) is 115 Å². The van der Waals surface area contributed by atoms with Crippen molar-refractivity contribution in [3.63, 3.8) is 0 Å². The van der Waals surface area contributed by atoms with Crippen LogP contribution in [-0.4, -0.2) is 37.1 Å². The fourth-order valence-corrected chi connectivity index (χ4v) is 3.83. The number of anilines is 1. The summed E-state index contributed by atoms with van der Waals surface area (Å²) < 4.78 is 38.0. The molecular weight excluding hydrogens is 360 g/mol. The smallest absolute Gasteiger partial charge is 0.265 e. The van der Waals surface area contributed by atoms with Crippen LogP contribution in [0.25, 0.3) is 0 Å². The Hall–Kier alpha value is -2.46. The molecule has 10 heteroatoms. The van der Waals surface area contributed by atoms with E-state index in [4.69, 9.17) is 9.26 Å². The Kier molecular flexibility index (Phi) is 4.97. The highest BCUT2D eigenvalue weighted by Gasteiger charge is 2.29. The average molecular weight is 380 g/mol. The minimum atomic E-state index is -3.71. The summed E-state index contributed by atoms with van der Waals surface area (Å²) >= 11 is 0. The lowest BCUT2D eigenvalue weighted by Crippen LogP contribution is -2.39. The van der Waals surface area contributed by atoms with Gasteiger partial charge in [0.1, 0.15) is 5.75 Å². The number of hydrogen-bond donors (Lipinski definition) is 1. The monoisotopic (exact) mass is 380 g/mol. The SMILES string of the molecule is CC[C@@H](C)NS(=O)(=O)c1ccc2c(c1)N(Cc1noc(C)n1)C(=O)CO2. The zero-order chi connectivity index (χ0) is 18.9. The molecular formula is C16H20N4O5S. The molecule has 0 saturated carbocycles. The van der Waals surface area contributed by atoms with Gasteiger partial charge in [0, 0.05) is 13.0 Å². The Balaban J connectivity index is 1.96. The zero-order valence-electron chi connectivity index (χ0n) is 14.7. The van der Waals surface area contributed by atoms with Crippen molar-refractivity contribution in [1.29, 1.82) is 0 Å². The van der Waals surface area contributed by atoms with Gasteiger partial charge in [-0.3, -0.25) is 9.69 Å². The number of aryl methyl sites for hydroxylation is 1. The molecule has 3 rings (SSSR count). The van der Waals surface area contributed by atoms with E-state index in [1.807, 2.05) is 6.92 Å². The minimum absolute atomic E-state index is 0.0594. The van der Waals surface area contributed by atoms with Crippen LogP contribution in [-0.2, 0) is 21.4 Å². The van der Waals surface area contributed by atoms with E-state index in [0.29, 0.717) is 29.6 Å². The van der Waals surface area contributed by atoms with Crippen molar-refractivity contribution in [2.75, 3.05) is 11.5 Å². The number of carbonyl (C=O) groups excluding carboxylic acids is 1. The predicted octanol–water partition coefficient (Wildman–Crippen LogP) is 1.38. The number of benzene rings is 1. The van der Waals surface area contributed by atoms with Gasteiger partial charge in [0.2, 0.25) is 15.9 Å². The van der Waals surface area contributed by atoms with Gasteiger partial charge in [-0.2, -0.15) is 4.98 Å². The largest absolute Gasteiger partial charge is 0.482 e. The molecule has 0 bridgehead atoms. The first-order valence-corrected chi connectivity index (χ1v) is 9.67. The van der Waals surface area contributed by atoms with Crippen LogP contribution in [0.3, 0.4) is 0 Å². The zero-order valence-corrected chi connectivity index (χ0v) is 15.5. The van der Waals surface area contributed by atoms with E-state index in [9.17, 15) is 13.2 Å². The van der Waals surface area contributed by atoms with E-state index in [1.165, 1.54) is 17.0 Å². The van der Waals surface area contributed by atoms with E-state index in [1.54, 1.807) is 19.9 Å². The Morgan fingerprint density at radius 3 is 2.81 bits per heavy atom. The van der Waals surface area contributed by atoms with E-state index in [0.717, 1.165) is 0 Å². The van der Waals surface area contributed by atoms with E-state index in [2.05, 4.69) is 14.9 Å². The van der Waals surface area contributed by atoms with Crippen molar-refractivity contribution in [3.05, 3.63) is 29.9 Å². The van der Waals surface area contributed by atoms with E-state index >= 15 is 0 Å². The summed E-state index contributed by atoms with van der Waals surface area (Å²) in [4.78, 5) is 17.8. The second-order valence-electron chi connectivity index (χ2n) is 6.06. The molecule has 1 aromatic carbocycles. The highest BCUT2D eigenvalue weighted by Crippen LogP contribution is 2.35. The second kappa shape index (κ2) is 7.04. The molecule has 26 heavy (non-hydrogen) atoms. The summed E-state index contributed by atoms with van der Waals surface area (Å²) in [5, 5.41) is 3.79. The van der Waals surface area contributed by atoms with Gasteiger partial charge in [0.15, 0.2) is 12.4 Å². The maximum atomic E-state index is 12.5. The highest BCUT2D eigenvalue weighted by atomic mass is 32.2. The van der Waals surface area contributed by atoms with Crippen LogP contribution in [0.2, 0.25) is 0 Å². The number of nitrogens with one attached hydrogen (secondary N) is 1. The van der Waals surface area contributed by atoms with Gasteiger partial charge in [-0.15, -0.1) is 0 Å². The maximum absolute atomic E-state index is 12.5. The first-order chi connectivity index (χ1) is 12.3. The van der Waals surface area contributed by atoms with Crippen molar-refractivity contribution in [3.8, 4) is 5.75 Å². The molecule has 1 atom stereocenters. The summed E-state index contributed by atoms with van der Waals surface area (Å²) in [6, 6.07) is 4.22. The summed E-state index contributed by atoms with van der Waals surface area (Å²) in [7, 11) is -3.71. The van der Waals surface area contributed by atoms with Crippen LogP contribution in [0.4, 0.5) is 5.69 Å². The normalized spacial score (nSPS) is 15.5. The predicted molar refractivity (Wildman–Crippen MR) is 92.2 cm³/mol. The molecule has 2 aromatic rings. The van der Waals surface area contributed by atoms with Gasteiger partial charge in [-0.1, -0.05) is 12.1 Å². The molecule has 1 N–H and O–H groups in total. The number of hydrogen-bond acceptors (Lipinski definition) is 7. The lowest BCUT2D eigenvalue weighted by Gasteiger charge is -2.28. The number of ether oxygens (including phenoxy) is 1. The molecule has 1 aliphatic heterocycles. The van der Waals surface area contributed by atoms with Crippen LogP contribution in [0, 0.1) is 6.92 Å².